The molecule has 0 aliphatic carbocycles. The van der Waals surface area contributed by atoms with Crippen LogP contribution >= 0.6 is 27.3 Å². The smallest absolute Gasteiger partial charge is 0.274 e. The van der Waals surface area contributed by atoms with Gasteiger partial charge in [0.05, 0.1) is 0 Å². The molecule has 0 unspecified atom stereocenters. The molecular weight excluding hydrogens is 290 g/mol. The fourth-order valence-electron chi connectivity index (χ4n) is 1.11. The Morgan fingerprint density at radius 1 is 1.12 bits per heavy atom. The average Bonchev–Trinajstić information content (AvgIpc) is 2.72. The molecule has 84 valence electrons. The van der Waals surface area contributed by atoms with E-state index in [0.29, 0.717) is 18.4 Å². The lowest BCUT2D eigenvalue weighted by atomic mass is 10.3. The normalized spacial score (nSPS) is 10.1. The maximum absolute atomic E-state index is 5.47. The topological polar surface area (TPSA) is 31.4 Å². The van der Waals surface area contributed by atoms with Gasteiger partial charge >= 0.3 is 0 Å². The number of thiazole rings is 1. The molecule has 5 heteroatoms. The molecule has 0 saturated heterocycles. The van der Waals surface area contributed by atoms with Gasteiger partial charge in [0.25, 0.3) is 5.19 Å². The minimum absolute atomic E-state index is 0.495. The van der Waals surface area contributed by atoms with Crippen LogP contribution in [0.4, 0.5) is 0 Å². The van der Waals surface area contributed by atoms with Crippen LogP contribution in [0.1, 0.15) is 0 Å². The van der Waals surface area contributed by atoms with E-state index >= 15 is 0 Å². The van der Waals surface area contributed by atoms with Crippen LogP contribution in [0.15, 0.2) is 40.3 Å². The molecular formula is C11H10BrNO2S. The Morgan fingerprint density at radius 2 is 1.88 bits per heavy atom. The third-order valence-electron chi connectivity index (χ3n) is 1.78. The summed E-state index contributed by atoms with van der Waals surface area (Å²) in [5, 5.41) is 2.54. The number of hydrogen-bond acceptors (Lipinski definition) is 4. The summed E-state index contributed by atoms with van der Waals surface area (Å²) < 4.78 is 11.7. The molecule has 3 nitrogen and oxygen atoms in total. The first-order valence-electron chi connectivity index (χ1n) is 4.76. The Bertz CT molecular complexity index is 433. The summed E-state index contributed by atoms with van der Waals surface area (Å²) in [4.78, 5) is 4.11. The van der Waals surface area contributed by atoms with E-state index in [-0.39, 0.29) is 0 Å². The van der Waals surface area contributed by atoms with Gasteiger partial charge in [-0.05, 0) is 28.1 Å². The highest BCUT2D eigenvalue weighted by Gasteiger charge is 1.99. The van der Waals surface area contributed by atoms with Gasteiger partial charge in [-0.15, -0.1) is 0 Å². The Balaban J connectivity index is 1.69. The van der Waals surface area contributed by atoms with Crippen LogP contribution in [0.2, 0.25) is 0 Å². The molecule has 0 bridgehead atoms. The maximum atomic E-state index is 5.47. The van der Waals surface area contributed by atoms with Crippen molar-refractivity contribution in [1.82, 2.24) is 4.98 Å². The van der Waals surface area contributed by atoms with Crippen molar-refractivity contribution < 1.29 is 9.47 Å². The van der Waals surface area contributed by atoms with E-state index in [1.54, 1.807) is 0 Å². The van der Waals surface area contributed by atoms with Crippen molar-refractivity contribution in [3.63, 3.8) is 0 Å². The predicted octanol–water partition coefficient (Wildman–Crippen LogP) is 3.36. The molecule has 0 N–H and O–H groups in total. The molecule has 1 aromatic heterocycles. The first-order chi connectivity index (χ1) is 7.84. The fourth-order valence-corrected chi connectivity index (χ4v) is 2.22. The number of aromatic nitrogens is 1. The van der Waals surface area contributed by atoms with E-state index in [1.807, 2.05) is 35.7 Å². The van der Waals surface area contributed by atoms with Crippen molar-refractivity contribution in [3.05, 3.63) is 40.3 Å². The summed E-state index contributed by atoms with van der Waals surface area (Å²) in [5.41, 5.74) is 0. The van der Waals surface area contributed by atoms with Gasteiger partial charge < -0.3 is 9.47 Å². The van der Waals surface area contributed by atoms with Crippen molar-refractivity contribution in [1.29, 1.82) is 0 Å². The molecule has 1 aromatic carbocycles. The second-order valence-electron chi connectivity index (χ2n) is 2.95. The van der Waals surface area contributed by atoms with Gasteiger partial charge in [-0.1, -0.05) is 29.5 Å². The van der Waals surface area contributed by atoms with Gasteiger partial charge in [-0.3, -0.25) is 0 Å². The van der Waals surface area contributed by atoms with Crippen molar-refractivity contribution in [2.75, 3.05) is 13.2 Å². The summed E-state index contributed by atoms with van der Waals surface area (Å²) in [6, 6.07) is 9.67. The zero-order valence-electron chi connectivity index (χ0n) is 8.43. The van der Waals surface area contributed by atoms with E-state index in [2.05, 4.69) is 20.9 Å². The maximum Gasteiger partial charge on any atom is 0.274 e. The number of halogens is 1. The third-order valence-corrected chi connectivity index (χ3v) is 3.24. The highest BCUT2D eigenvalue weighted by molar-refractivity contribution is 9.10. The predicted molar refractivity (Wildman–Crippen MR) is 67.2 cm³/mol. The van der Waals surface area contributed by atoms with Gasteiger partial charge in [0, 0.05) is 5.38 Å². The zero-order valence-corrected chi connectivity index (χ0v) is 10.8. The quantitative estimate of drug-likeness (QED) is 0.793. The second kappa shape index (κ2) is 5.86. The Hall–Kier alpha value is -1.07. The fraction of sp³-hybridized carbons (Fsp3) is 0.182. The minimum atomic E-state index is 0.495. The Labute approximate surface area is 106 Å². The van der Waals surface area contributed by atoms with E-state index in [9.17, 15) is 0 Å². The molecule has 0 amide bonds. The largest absolute Gasteiger partial charge is 0.490 e. The SMILES string of the molecule is Brc1csc(OCCOc2ccccc2)n1. The van der Waals surface area contributed by atoms with Crippen LogP contribution in [-0.4, -0.2) is 18.2 Å². The van der Waals surface area contributed by atoms with Gasteiger partial charge in [0.1, 0.15) is 23.6 Å². The molecule has 0 atom stereocenters. The molecule has 1 heterocycles. The van der Waals surface area contributed by atoms with Crippen LogP contribution in [0.25, 0.3) is 0 Å². The number of ether oxygens (including phenoxy) is 2. The summed E-state index contributed by atoms with van der Waals surface area (Å²) in [7, 11) is 0. The molecule has 0 aliphatic rings. The zero-order chi connectivity index (χ0) is 11.2. The van der Waals surface area contributed by atoms with Crippen LogP contribution < -0.4 is 9.47 Å². The standard InChI is InChI=1S/C11H10BrNO2S/c12-10-8-16-11(13-10)15-7-6-14-9-4-2-1-3-5-9/h1-5,8H,6-7H2. The lowest BCUT2D eigenvalue weighted by Crippen LogP contribution is -2.08. The average molecular weight is 300 g/mol. The van der Waals surface area contributed by atoms with Crippen LogP contribution in [-0.2, 0) is 0 Å². The number of nitrogens with zero attached hydrogens (tertiary/aromatic N) is 1. The molecule has 0 spiro atoms. The number of rotatable bonds is 5. The molecule has 0 radical (unpaired) electrons. The molecule has 0 saturated carbocycles. The van der Waals surface area contributed by atoms with E-state index < -0.39 is 0 Å². The molecule has 16 heavy (non-hydrogen) atoms. The van der Waals surface area contributed by atoms with Crippen molar-refractivity contribution in [3.8, 4) is 10.9 Å². The van der Waals surface area contributed by atoms with E-state index in [4.69, 9.17) is 9.47 Å². The molecule has 2 rings (SSSR count). The summed E-state index contributed by atoms with van der Waals surface area (Å²) in [5.74, 6) is 0.853. The molecule has 2 aromatic rings. The van der Waals surface area contributed by atoms with Gasteiger partial charge in [-0.25, -0.2) is 0 Å². The number of hydrogen-bond donors (Lipinski definition) is 0. The second-order valence-corrected chi connectivity index (χ2v) is 4.58. The highest BCUT2D eigenvalue weighted by atomic mass is 79.9. The third kappa shape index (κ3) is 3.50. The van der Waals surface area contributed by atoms with Crippen molar-refractivity contribution in [2.45, 2.75) is 0 Å². The minimum Gasteiger partial charge on any atom is -0.490 e. The van der Waals surface area contributed by atoms with Gasteiger partial charge in [-0.2, -0.15) is 4.98 Å². The van der Waals surface area contributed by atoms with Crippen molar-refractivity contribution >= 4 is 27.3 Å². The Morgan fingerprint density at radius 3 is 2.56 bits per heavy atom. The number of benzene rings is 1. The Kier molecular flexibility index (Phi) is 4.18. The van der Waals surface area contributed by atoms with Gasteiger partial charge in [0.2, 0.25) is 0 Å². The number of para-hydroxylation sites is 1. The summed E-state index contributed by atoms with van der Waals surface area (Å²) >= 11 is 4.73. The molecule has 0 aliphatic heterocycles. The monoisotopic (exact) mass is 299 g/mol. The molecule has 0 fully saturated rings. The van der Waals surface area contributed by atoms with Crippen LogP contribution in [0.3, 0.4) is 0 Å². The first-order valence-corrected chi connectivity index (χ1v) is 6.43. The highest BCUT2D eigenvalue weighted by Crippen LogP contribution is 2.21. The summed E-state index contributed by atoms with van der Waals surface area (Å²) in [6.07, 6.45) is 0. The lowest BCUT2D eigenvalue weighted by Gasteiger charge is -2.05. The van der Waals surface area contributed by atoms with Crippen molar-refractivity contribution in [2.24, 2.45) is 0 Å². The van der Waals surface area contributed by atoms with Crippen LogP contribution in [0, 0.1) is 0 Å². The summed E-state index contributed by atoms with van der Waals surface area (Å²) in [6.45, 7) is 1.01. The lowest BCUT2D eigenvalue weighted by molar-refractivity contribution is 0.216. The van der Waals surface area contributed by atoms with Gasteiger partial charge in [0.15, 0.2) is 0 Å². The van der Waals surface area contributed by atoms with E-state index in [0.717, 1.165) is 10.4 Å². The first kappa shape index (κ1) is 11.4. The van der Waals surface area contributed by atoms with E-state index in [1.165, 1.54) is 11.3 Å². The van der Waals surface area contributed by atoms with Crippen LogP contribution in [0.5, 0.6) is 10.9 Å².